The summed E-state index contributed by atoms with van der Waals surface area (Å²) in [5, 5.41) is 31.8. The third-order valence-electron chi connectivity index (χ3n) is 4.77. The van der Waals surface area contributed by atoms with Crippen LogP contribution in [-0.2, 0) is 9.53 Å². The number of unbranched alkanes of at least 4 members (excludes halogenated alkanes) is 1. The van der Waals surface area contributed by atoms with Crippen molar-refractivity contribution in [2.75, 3.05) is 18.5 Å². The van der Waals surface area contributed by atoms with Crippen LogP contribution in [0.1, 0.15) is 25.5 Å². The zero-order chi connectivity index (χ0) is 21.1. The van der Waals surface area contributed by atoms with E-state index in [2.05, 4.69) is 20.3 Å². The molecule has 1 aliphatic heterocycles. The summed E-state index contributed by atoms with van der Waals surface area (Å²) in [6, 6.07) is -0.798. The number of nitrogens with zero attached hydrogens (tertiary/aromatic N) is 3. The Morgan fingerprint density at radius 2 is 2.14 bits per heavy atom. The van der Waals surface area contributed by atoms with Gasteiger partial charge in [-0.05, 0) is 19.4 Å². The molecular weight excluding hydrogens is 386 g/mol. The van der Waals surface area contributed by atoms with Gasteiger partial charge >= 0.3 is 0 Å². The maximum absolute atomic E-state index is 12.3. The van der Waals surface area contributed by atoms with Crippen molar-refractivity contribution in [3.05, 3.63) is 16.7 Å². The highest BCUT2D eigenvalue weighted by Crippen LogP contribution is 2.30. The van der Waals surface area contributed by atoms with Gasteiger partial charge in [0, 0.05) is 0 Å². The number of hydrogen-bond acceptors (Lipinski definition) is 10. The molecular formula is C16H25N7O6. The first kappa shape index (κ1) is 21.3. The number of ether oxygens (including phenoxy) is 1. The normalized spacial score (nSPS) is 25.4. The number of anilines is 1. The van der Waals surface area contributed by atoms with E-state index in [1.165, 1.54) is 10.9 Å². The largest absolute Gasteiger partial charge is 0.394 e. The molecule has 0 unspecified atom stereocenters. The summed E-state index contributed by atoms with van der Waals surface area (Å²) in [5.41, 5.74) is 10.6. The smallest absolute Gasteiger partial charge is 0.280 e. The monoisotopic (exact) mass is 411 g/mol. The molecule has 1 amide bonds. The summed E-state index contributed by atoms with van der Waals surface area (Å²) in [6.07, 6.45) is -1.75. The molecule has 1 saturated heterocycles. The first-order valence-electron chi connectivity index (χ1n) is 9.23. The molecule has 0 spiro atoms. The second kappa shape index (κ2) is 8.94. The van der Waals surface area contributed by atoms with Crippen LogP contribution in [0.15, 0.2) is 11.1 Å². The van der Waals surface area contributed by atoms with Crippen LogP contribution >= 0.6 is 0 Å². The minimum absolute atomic E-state index is 0.0237. The van der Waals surface area contributed by atoms with Crippen molar-refractivity contribution < 1.29 is 24.9 Å². The summed E-state index contributed by atoms with van der Waals surface area (Å²) in [7, 11) is 0. The van der Waals surface area contributed by atoms with Crippen LogP contribution in [0, 0.1) is 0 Å². The Kier molecular flexibility index (Phi) is 6.56. The molecule has 13 heteroatoms. The average Bonchev–Trinajstić information content (AvgIpc) is 3.23. The fourth-order valence-corrected chi connectivity index (χ4v) is 3.13. The number of aliphatic hydroxyl groups is 3. The van der Waals surface area contributed by atoms with Crippen LogP contribution in [0.25, 0.3) is 11.2 Å². The molecule has 2 aromatic rings. The number of amides is 1. The van der Waals surface area contributed by atoms with Crippen LogP contribution in [-0.4, -0.2) is 78.3 Å². The van der Waals surface area contributed by atoms with E-state index in [0.717, 1.165) is 6.42 Å². The number of aromatic amines is 1. The van der Waals surface area contributed by atoms with Gasteiger partial charge in [0.2, 0.25) is 11.9 Å². The molecule has 5 atom stereocenters. The standard InChI is InChI=1S/C16H25N7O6/c17-4-2-1-3-7(18)13(27)21-16-20-12-9(14(28)22-16)19-6-23(12)15-11(26)10(25)8(5-24)29-15/h6-8,10-11,15,24-26H,1-5,17-18H2,(H2,20,21,22,27,28)/t7-,8+,10+,11+,15+/m0/s1. The van der Waals surface area contributed by atoms with E-state index in [1.54, 1.807) is 0 Å². The Bertz CT molecular complexity index is 915. The van der Waals surface area contributed by atoms with E-state index in [0.29, 0.717) is 19.4 Å². The summed E-state index contributed by atoms with van der Waals surface area (Å²) >= 11 is 0. The van der Waals surface area contributed by atoms with Crippen LogP contribution in [0.4, 0.5) is 5.95 Å². The number of aliphatic hydroxyl groups excluding tert-OH is 3. The fraction of sp³-hybridized carbons (Fsp3) is 0.625. The lowest BCUT2D eigenvalue weighted by Gasteiger charge is -2.16. The van der Waals surface area contributed by atoms with Crippen molar-refractivity contribution >= 4 is 23.0 Å². The van der Waals surface area contributed by atoms with Crippen molar-refractivity contribution in [3.63, 3.8) is 0 Å². The maximum Gasteiger partial charge on any atom is 0.280 e. The summed E-state index contributed by atoms with van der Waals surface area (Å²) in [4.78, 5) is 35.1. The minimum atomic E-state index is -1.38. The van der Waals surface area contributed by atoms with Gasteiger partial charge in [-0.1, -0.05) is 6.42 Å². The van der Waals surface area contributed by atoms with Gasteiger partial charge in [0.1, 0.15) is 18.3 Å². The van der Waals surface area contributed by atoms with Gasteiger partial charge in [0.15, 0.2) is 17.4 Å². The Hall–Kier alpha value is -2.42. The Labute approximate surface area is 164 Å². The lowest BCUT2D eigenvalue weighted by Crippen LogP contribution is -2.36. The van der Waals surface area contributed by atoms with E-state index >= 15 is 0 Å². The second-order valence-electron chi connectivity index (χ2n) is 6.85. The first-order valence-corrected chi connectivity index (χ1v) is 9.23. The molecule has 160 valence electrons. The number of aromatic nitrogens is 4. The van der Waals surface area contributed by atoms with Crippen molar-refractivity contribution in [3.8, 4) is 0 Å². The zero-order valence-corrected chi connectivity index (χ0v) is 15.6. The average molecular weight is 411 g/mol. The predicted octanol–water partition coefficient (Wildman–Crippen LogP) is -2.87. The number of fused-ring (bicyclic) bond motifs is 1. The number of hydrogen-bond donors (Lipinski definition) is 7. The molecule has 1 aliphatic rings. The van der Waals surface area contributed by atoms with E-state index in [4.69, 9.17) is 16.2 Å². The Morgan fingerprint density at radius 1 is 1.38 bits per heavy atom. The summed E-state index contributed by atoms with van der Waals surface area (Å²) in [5.74, 6) is -0.668. The van der Waals surface area contributed by atoms with Crippen molar-refractivity contribution in [2.24, 2.45) is 11.5 Å². The SMILES string of the molecule is NCCCC[C@H](N)C(=O)Nc1nc2c(ncn2[C@@H]2O[C@H](CO)[C@@H](O)[C@H]2O)c(=O)[nH]1. The van der Waals surface area contributed by atoms with E-state index < -0.39 is 48.7 Å². The summed E-state index contributed by atoms with van der Waals surface area (Å²) in [6.45, 7) is 0.00349. The maximum atomic E-state index is 12.3. The Morgan fingerprint density at radius 3 is 2.79 bits per heavy atom. The highest BCUT2D eigenvalue weighted by Gasteiger charge is 2.44. The number of H-pyrrole nitrogens is 1. The van der Waals surface area contributed by atoms with Crippen LogP contribution in [0.5, 0.6) is 0 Å². The van der Waals surface area contributed by atoms with Crippen molar-refractivity contribution in [2.45, 2.75) is 49.8 Å². The minimum Gasteiger partial charge on any atom is -0.394 e. The molecule has 13 nitrogen and oxygen atoms in total. The molecule has 0 bridgehead atoms. The molecule has 3 heterocycles. The van der Waals surface area contributed by atoms with Crippen LogP contribution in [0.3, 0.4) is 0 Å². The van der Waals surface area contributed by atoms with Gasteiger partial charge in [0.05, 0.1) is 19.0 Å². The molecule has 9 N–H and O–H groups in total. The van der Waals surface area contributed by atoms with Gasteiger partial charge in [0.25, 0.3) is 5.56 Å². The van der Waals surface area contributed by atoms with Crippen LogP contribution < -0.4 is 22.3 Å². The third kappa shape index (κ3) is 4.29. The highest BCUT2D eigenvalue weighted by atomic mass is 16.6. The second-order valence-corrected chi connectivity index (χ2v) is 6.85. The predicted molar refractivity (Wildman–Crippen MR) is 101 cm³/mol. The third-order valence-corrected chi connectivity index (χ3v) is 4.77. The first-order chi connectivity index (χ1) is 13.9. The van der Waals surface area contributed by atoms with Crippen molar-refractivity contribution in [1.29, 1.82) is 0 Å². The van der Waals surface area contributed by atoms with Gasteiger partial charge < -0.3 is 31.5 Å². The number of imidazole rings is 1. The topological polar surface area (TPSA) is 215 Å². The van der Waals surface area contributed by atoms with Gasteiger partial charge in [-0.3, -0.25) is 24.5 Å². The molecule has 1 fully saturated rings. The molecule has 0 aliphatic carbocycles. The Balaban J connectivity index is 1.84. The zero-order valence-electron chi connectivity index (χ0n) is 15.6. The van der Waals surface area contributed by atoms with Crippen LogP contribution in [0.2, 0.25) is 0 Å². The van der Waals surface area contributed by atoms with Gasteiger partial charge in [-0.25, -0.2) is 4.98 Å². The molecule has 2 aromatic heterocycles. The van der Waals surface area contributed by atoms with Gasteiger partial charge in [-0.15, -0.1) is 0 Å². The number of nitrogens with two attached hydrogens (primary N) is 2. The molecule has 0 aromatic carbocycles. The summed E-state index contributed by atoms with van der Waals surface area (Å²) < 4.78 is 6.70. The number of rotatable bonds is 8. The number of nitrogens with one attached hydrogen (secondary N) is 2. The quantitative estimate of drug-likeness (QED) is 0.220. The lowest BCUT2D eigenvalue weighted by atomic mass is 10.1. The number of carbonyl (C=O) groups is 1. The number of carbonyl (C=O) groups excluding carboxylic acids is 1. The molecule has 29 heavy (non-hydrogen) atoms. The van der Waals surface area contributed by atoms with Crippen molar-refractivity contribution in [1.82, 2.24) is 19.5 Å². The highest BCUT2D eigenvalue weighted by molar-refractivity contribution is 5.93. The molecule has 0 saturated carbocycles. The fourth-order valence-electron chi connectivity index (χ4n) is 3.13. The van der Waals surface area contributed by atoms with E-state index in [9.17, 15) is 24.9 Å². The lowest BCUT2D eigenvalue weighted by molar-refractivity contribution is -0.117. The van der Waals surface area contributed by atoms with Gasteiger partial charge in [-0.2, -0.15) is 4.98 Å². The molecule has 3 rings (SSSR count). The molecule has 0 radical (unpaired) electrons. The van der Waals surface area contributed by atoms with E-state index in [-0.39, 0.29) is 17.1 Å². The van der Waals surface area contributed by atoms with E-state index in [1.807, 2.05) is 0 Å².